The summed E-state index contributed by atoms with van der Waals surface area (Å²) in [5, 5.41) is 13.4. The fraction of sp³-hybridized carbons (Fsp3) is 0.533. The normalized spacial score (nSPS) is 10.1. The molecule has 0 aliphatic heterocycles. The monoisotopic (exact) mass is 279 g/mol. The van der Waals surface area contributed by atoms with Gasteiger partial charge in [-0.3, -0.25) is 4.79 Å². The van der Waals surface area contributed by atoms with Gasteiger partial charge in [-0.25, -0.2) is 0 Å². The van der Waals surface area contributed by atoms with Crippen LogP contribution in [0, 0.1) is 17.8 Å². The van der Waals surface area contributed by atoms with Crippen LogP contribution in [0.1, 0.15) is 48.3 Å². The molecule has 2 N–H and O–H groups in total. The van der Waals surface area contributed by atoms with E-state index in [2.05, 4.69) is 31.0 Å². The molecular formula is C15H21NO2S. The summed E-state index contributed by atoms with van der Waals surface area (Å²) in [4.78, 5) is 12.7. The van der Waals surface area contributed by atoms with Gasteiger partial charge in [-0.05, 0) is 24.8 Å². The summed E-state index contributed by atoms with van der Waals surface area (Å²) < 4.78 is 0. The third-order valence-electron chi connectivity index (χ3n) is 2.55. The van der Waals surface area contributed by atoms with E-state index in [-0.39, 0.29) is 12.5 Å². The van der Waals surface area contributed by atoms with Crippen molar-refractivity contribution >= 4 is 17.2 Å². The Bertz CT molecular complexity index is 454. The molecule has 1 aromatic rings. The number of rotatable bonds is 6. The lowest BCUT2D eigenvalue weighted by molar-refractivity contribution is 0.0953. The van der Waals surface area contributed by atoms with E-state index in [0.29, 0.717) is 17.9 Å². The van der Waals surface area contributed by atoms with Crippen molar-refractivity contribution in [3.8, 4) is 11.8 Å². The van der Waals surface area contributed by atoms with E-state index in [9.17, 15) is 4.79 Å². The Kier molecular flexibility index (Phi) is 7.24. The molecule has 0 unspecified atom stereocenters. The highest BCUT2D eigenvalue weighted by molar-refractivity contribution is 7.10. The smallest absolute Gasteiger partial charge is 0.252 e. The van der Waals surface area contributed by atoms with Gasteiger partial charge in [-0.15, -0.1) is 11.3 Å². The molecule has 0 saturated heterocycles. The van der Waals surface area contributed by atoms with Crippen molar-refractivity contribution in [2.75, 3.05) is 13.2 Å². The fourth-order valence-electron chi connectivity index (χ4n) is 1.54. The maximum atomic E-state index is 11.8. The Morgan fingerprint density at radius 1 is 1.53 bits per heavy atom. The molecule has 1 rings (SSSR count). The van der Waals surface area contributed by atoms with Gasteiger partial charge in [-0.2, -0.15) is 0 Å². The number of carbonyl (C=O) groups is 1. The number of amides is 1. The standard InChI is InChI=1S/C15H21NO2S/c1-12(2)6-5-8-16-15(18)13-10-14(19-11-13)7-3-4-9-17/h10-12,17H,4-6,8-9H2,1-2H3,(H,16,18). The quantitative estimate of drug-likeness (QED) is 0.621. The van der Waals surface area contributed by atoms with E-state index >= 15 is 0 Å². The van der Waals surface area contributed by atoms with Crippen LogP contribution in [0.25, 0.3) is 0 Å². The maximum Gasteiger partial charge on any atom is 0.252 e. The van der Waals surface area contributed by atoms with Crippen molar-refractivity contribution in [3.05, 3.63) is 21.9 Å². The molecule has 104 valence electrons. The number of aliphatic hydroxyl groups excluding tert-OH is 1. The summed E-state index contributed by atoms with van der Waals surface area (Å²) in [5.41, 5.74) is 0.669. The molecule has 0 aromatic carbocycles. The third kappa shape index (κ3) is 6.42. The van der Waals surface area contributed by atoms with Crippen LogP contribution >= 0.6 is 11.3 Å². The van der Waals surface area contributed by atoms with Crippen molar-refractivity contribution in [1.29, 1.82) is 0 Å². The molecule has 1 aromatic heterocycles. The SMILES string of the molecule is CC(C)CCCNC(=O)c1csc(C#CCCO)c1. The Morgan fingerprint density at radius 3 is 3.00 bits per heavy atom. The number of hydrogen-bond acceptors (Lipinski definition) is 3. The van der Waals surface area contributed by atoms with Crippen LogP contribution in [0.3, 0.4) is 0 Å². The van der Waals surface area contributed by atoms with E-state index in [1.165, 1.54) is 11.3 Å². The first-order chi connectivity index (χ1) is 9.13. The number of nitrogens with one attached hydrogen (secondary N) is 1. The molecule has 0 fully saturated rings. The average Bonchev–Trinajstić information content (AvgIpc) is 2.83. The summed E-state index contributed by atoms with van der Waals surface area (Å²) in [7, 11) is 0. The third-order valence-corrected chi connectivity index (χ3v) is 3.40. The summed E-state index contributed by atoms with van der Waals surface area (Å²) in [6.07, 6.45) is 2.60. The zero-order valence-corrected chi connectivity index (χ0v) is 12.3. The van der Waals surface area contributed by atoms with E-state index in [4.69, 9.17) is 5.11 Å². The van der Waals surface area contributed by atoms with Crippen LogP contribution in [0.15, 0.2) is 11.4 Å². The highest BCUT2D eigenvalue weighted by atomic mass is 32.1. The molecule has 0 aliphatic carbocycles. The first kappa shape index (κ1) is 15.7. The Balaban J connectivity index is 2.39. The van der Waals surface area contributed by atoms with Crippen LogP contribution in [0.4, 0.5) is 0 Å². The molecule has 4 heteroatoms. The molecule has 1 heterocycles. The zero-order valence-electron chi connectivity index (χ0n) is 11.5. The number of aliphatic hydroxyl groups is 1. The molecule has 3 nitrogen and oxygen atoms in total. The minimum Gasteiger partial charge on any atom is -0.395 e. The van der Waals surface area contributed by atoms with Gasteiger partial charge in [-0.1, -0.05) is 25.7 Å². The van der Waals surface area contributed by atoms with E-state index < -0.39 is 0 Å². The predicted molar refractivity (Wildman–Crippen MR) is 79.3 cm³/mol. The van der Waals surface area contributed by atoms with Crippen LogP contribution < -0.4 is 5.32 Å². The molecule has 0 aliphatic rings. The van der Waals surface area contributed by atoms with E-state index in [1.807, 2.05) is 5.38 Å². The summed E-state index contributed by atoms with van der Waals surface area (Å²) >= 11 is 1.46. The second kappa shape index (κ2) is 8.73. The van der Waals surface area contributed by atoms with E-state index in [1.54, 1.807) is 6.07 Å². The lowest BCUT2D eigenvalue weighted by atomic mass is 10.1. The van der Waals surface area contributed by atoms with Crippen LogP contribution in [-0.2, 0) is 0 Å². The largest absolute Gasteiger partial charge is 0.395 e. The topological polar surface area (TPSA) is 49.3 Å². The van der Waals surface area contributed by atoms with Gasteiger partial charge in [0.15, 0.2) is 0 Å². The summed E-state index contributed by atoms with van der Waals surface area (Å²) in [6, 6.07) is 1.80. The van der Waals surface area contributed by atoms with Gasteiger partial charge in [0, 0.05) is 18.3 Å². The first-order valence-corrected chi connectivity index (χ1v) is 7.48. The molecular weight excluding hydrogens is 258 g/mol. The number of hydrogen-bond donors (Lipinski definition) is 2. The lowest BCUT2D eigenvalue weighted by Crippen LogP contribution is -2.24. The zero-order chi connectivity index (χ0) is 14.1. The molecule has 0 radical (unpaired) electrons. The summed E-state index contributed by atoms with van der Waals surface area (Å²) in [6.45, 7) is 5.15. The molecule has 0 atom stereocenters. The van der Waals surface area contributed by atoms with Crippen molar-refractivity contribution < 1.29 is 9.90 Å². The molecule has 19 heavy (non-hydrogen) atoms. The Morgan fingerprint density at radius 2 is 2.32 bits per heavy atom. The van der Waals surface area contributed by atoms with Crippen molar-refractivity contribution in [3.63, 3.8) is 0 Å². The van der Waals surface area contributed by atoms with Gasteiger partial charge in [0.05, 0.1) is 17.0 Å². The minimum atomic E-state index is -0.0322. The second-order valence-corrected chi connectivity index (χ2v) is 5.68. The second-order valence-electron chi connectivity index (χ2n) is 4.77. The van der Waals surface area contributed by atoms with E-state index in [0.717, 1.165) is 24.3 Å². The molecule has 0 bridgehead atoms. The molecule has 1 amide bonds. The average molecular weight is 279 g/mol. The van der Waals surface area contributed by atoms with Gasteiger partial charge >= 0.3 is 0 Å². The minimum absolute atomic E-state index is 0.0322. The first-order valence-electron chi connectivity index (χ1n) is 6.60. The Hall–Kier alpha value is -1.31. The molecule has 0 saturated carbocycles. The number of thiophene rings is 1. The predicted octanol–water partition coefficient (Wildman–Crippen LogP) is 2.65. The highest BCUT2D eigenvalue weighted by Crippen LogP contribution is 2.13. The lowest BCUT2D eigenvalue weighted by Gasteiger charge is -2.05. The van der Waals surface area contributed by atoms with Crippen molar-refractivity contribution in [2.24, 2.45) is 5.92 Å². The fourth-order valence-corrected chi connectivity index (χ4v) is 2.30. The van der Waals surface area contributed by atoms with Gasteiger partial charge in [0.2, 0.25) is 0 Å². The molecule has 0 spiro atoms. The number of carbonyl (C=O) groups excluding carboxylic acids is 1. The summed E-state index contributed by atoms with van der Waals surface area (Å²) in [5.74, 6) is 6.42. The van der Waals surface area contributed by atoms with Crippen molar-refractivity contribution in [1.82, 2.24) is 5.32 Å². The van der Waals surface area contributed by atoms with Crippen LogP contribution in [0.5, 0.6) is 0 Å². The van der Waals surface area contributed by atoms with Gasteiger partial charge in [0.1, 0.15) is 0 Å². The maximum absolute atomic E-state index is 11.8. The van der Waals surface area contributed by atoms with Crippen LogP contribution in [-0.4, -0.2) is 24.2 Å². The van der Waals surface area contributed by atoms with Gasteiger partial charge in [0.25, 0.3) is 5.91 Å². The van der Waals surface area contributed by atoms with Crippen LogP contribution in [0.2, 0.25) is 0 Å². The highest BCUT2D eigenvalue weighted by Gasteiger charge is 2.07. The van der Waals surface area contributed by atoms with Crippen molar-refractivity contribution in [2.45, 2.75) is 33.1 Å². The van der Waals surface area contributed by atoms with Gasteiger partial charge < -0.3 is 10.4 Å². The Labute approximate surface area is 119 Å².